The fraction of sp³-hybridized carbons (Fsp3) is 0.0625. The number of alkyl halides is 3. The maximum Gasteiger partial charge on any atom is 0.416 e. The third kappa shape index (κ3) is 4.67. The zero-order valence-corrected chi connectivity index (χ0v) is 12.0. The zero-order valence-electron chi connectivity index (χ0n) is 12.0. The Hall–Kier alpha value is -3.16. The fourth-order valence-electron chi connectivity index (χ4n) is 1.79. The van der Waals surface area contributed by atoms with E-state index in [1.54, 1.807) is 0 Å². The Morgan fingerprint density at radius 2 is 1.83 bits per heavy atom. The number of halogens is 3. The van der Waals surface area contributed by atoms with E-state index >= 15 is 0 Å². The molecule has 24 heavy (non-hydrogen) atoms. The SMILES string of the molecule is O=C(/C=C/c1cccc([N+](=O)[O-])c1)Oc1cccc(C(F)(F)F)c1. The van der Waals surface area contributed by atoms with E-state index in [1.165, 1.54) is 36.4 Å². The smallest absolute Gasteiger partial charge is 0.416 e. The number of carbonyl (C=O) groups excluding carboxylic acids is 1. The zero-order chi connectivity index (χ0) is 17.7. The van der Waals surface area contributed by atoms with Gasteiger partial charge in [-0.05, 0) is 29.8 Å². The molecule has 124 valence electrons. The number of nitro benzene ring substituents is 1. The van der Waals surface area contributed by atoms with Crippen LogP contribution in [0.3, 0.4) is 0 Å². The minimum Gasteiger partial charge on any atom is -0.423 e. The van der Waals surface area contributed by atoms with Gasteiger partial charge in [0.2, 0.25) is 0 Å². The van der Waals surface area contributed by atoms with E-state index in [9.17, 15) is 28.1 Å². The maximum absolute atomic E-state index is 12.6. The predicted octanol–water partition coefficient (Wildman–Crippen LogP) is 4.23. The van der Waals surface area contributed by atoms with Crippen molar-refractivity contribution in [2.75, 3.05) is 0 Å². The standard InChI is InChI=1S/C16H10F3NO4/c17-16(18,19)12-4-2-6-14(10-12)24-15(21)8-7-11-3-1-5-13(9-11)20(22)23/h1-10H/b8-7+. The van der Waals surface area contributed by atoms with Crippen LogP contribution in [0.1, 0.15) is 11.1 Å². The van der Waals surface area contributed by atoms with Gasteiger partial charge in [-0.2, -0.15) is 13.2 Å². The molecule has 5 nitrogen and oxygen atoms in total. The third-order valence-corrected chi connectivity index (χ3v) is 2.87. The van der Waals surface area contributed by atoms with E-state index in [0.717, 1.165) is 18.2 Å². The first-order valence-electron chi connectivity index (χ1n) is 6.57. The molecule has 0 aliphatic carbocycles. The number of benzene rings is 2. The van der Waals surface area contributed by atoms with Crippen molar-refractivity contribution >= 4 is 17.7 Å². The van der Waals surface area contributed by atoms with E-state index in [4.69, 9.17) is 4.74 Å². The summed E-state index contributed by atoms with van der Waals surface area (Å²) in [5.74, 6) is -1.15. The average Bonchev–Trinajstić information content (AvgIpc) is 2.52. The molecule has 0 heterocycles. The second-order valence-electron chi connectivity index (χ2n) is 4.63. The Labute approximate surface area is 134 Å². The molecule has 2 aromatic rings. The van der Waals surface area contributed by atoms with Gasteiger partial charge in [-0.25, -0.2) is 4.79 Å². The van der Waals surface area contributed by atoms with Gasteiger partial charge in [-0.3, -0.25) is 10.1 Å². The average molecular weight is 337 g/mol. The van der Waals surface area contributed by atoms with Crippen LogP contribution in [0.4, 0.5) is 18.9 Å². The minimum absolute atomic E-state index is 0.150. The largest absolute Gasteiger partial charge is 0.423 e. The van der Waals surface area contributed by atoms with Crippen LogP contribution in [-0.2, 0) is 11.0 Å². The number of esters is 1. The van der Waals surface area contributed by atoms with Crippen LogP contribution in [-0.4, -0.2) is 10.9 Å². The summed E-state index contributed by atoms with van der Waals surface area (Å²) in [5, 5.41) is 10.6. The summed E-state index contributed by atoms with van der Waals surface area (Å²) >= 11 is 0. The molecule has 0 radical (unpaired) electrons. The van der Waals surface area contributed by atoms with E-state index in [1.807, 2.05) is 0 Å². The fourth-order valence-corrected chi connectivity index (χ4v) is 1.79. The molecule has 2 rings (SSSR count). The van der Waals surface area contributed by atoms with Crippen LogP contribution in [0, 0.1) is 10.1 Å². The van der Waals surface area contributed by atoms with Crippen molar-refractivity contribution in [1.82, 2.24) is 0 Å². The minimum atomic E-state index is -4.54. The molecule has 0 aliphatic heterocycles. The summed E-state index contributed by atoms with van der Waals surface area (Å²) in [4.78, 5) is 21.7. The van der Waals surface area contributed by atoms with E-state index in [2.05, 4.69) is 0 Å². The second kappa shape index (κ2) is 6.95. The number of nitro groups is 1. The summed E-state index contributed by atoms with van der Waals surface area (Å²) in [6.07, 6.45) is -2.30. The van der Waals surface area contributed by atoms with Gasteiger partial charge in [0.05, 0.1) is 10.5 Å². The van der Waals surface area contributed by atoms with Crippen molar-refractivity contribution in [3.8, 4) is 5.75 Å². The lowest BCUT2D eigenvalue weighted by atomic mass is 10.2. The van der Waals surface area contributed by atoms with E-state index in [0.29, 0.717) is 11.6 Å². The highest BCUT2D eigenvalue weighted by molar-refractivity contribution is 5.88. The molecule has 2 aromatic carbocycles. The number of rotatable bonds is 4. The van der Waals surface area contributed by atoms with Crippen molar-refractivity contribution in [2.45, 2.75) is 6.18 Å². The van der Waals surface area contributed by atoms with Gasteiger partial charge in [-0.1, -0.05) is 18.2 Å². The molecule has 0 bridgehead atoms. The second-order valence-corrected chi connectivity index (χ2v) is 4.63. The van der Waals surface area contributed by atoms with Gasteiger partial charge in [0.15, 0.2) is 0 Å². The van der Waals surface area contributed by atoms with Crippen molar-refractivity contribution in [1.29, 1.82) is 0 Å². The first-order valence-corrected chi connectivity index (χ1v) is 6.57. The summed E-state index contributed by atoms with van der Waals surface area (Å²) in [7, 11) is 0. The summed E-state index contributed by atoms with van der Waals surface area (Å²) in [6, 6.07) is 9.41. The van der Waals surface area contributed by atoms with Crippen LogP contribution in [0.25, 0.3) is 6.08 Å². The Kier molecular flexibility index (Phi) is 4.98. The molecule has 0 fully saturated rings. The highest BCUT2D eigenvalue weighted by Crippen LogP contribution is 2.31. The highest BCUT2D eigenvalue weighted by Gasteiger charge is 2.30. The quantitative estimate of drug-likeness (QED) is 0.275. The van der Waals surface area contributed by atoms with Crippen LogP contribution in [0.2, 0.25) is 0 Å². The van der Waals surface area contributed by atoms with Gasteiger partial charge in [0, 0.05) is 18.2 Å². The number of hydrogen-bond donors (Lipinski definition) is 0. The van der Waals surface area contributed by atoms with E-state index in [-0.39, 0.29) is 11.4 Å². The van der Waals surface area contributed by atoms with Gasteiger partial charge < -0.3 is 4.74 Å². The Bertz CT molecular complexity index is 800. The van der Waals surface area contributed by atoms with Crippen molar-refractivity contribution in [2.24, 2.45) is 0 Å². The molecule has 0 saturated carbocycles. The molecular weight excluding hydrogens is 327 g/mol. The highest BCUT2D eigenvalue weighted by atomic mass is 19.4. The van der Waals surface area contributed by atoms with Gasteiger partial charge in [0.1, 0.15) is 5.75 Å². The van der Waals surface area contributed by atoms with Crippen LogP contribution in [0.5, 0.6) is 5.75 Å². The molecule has 0 unspecified atom stereocenters. The van der Waals surface area contributed by atoms with E-state index < -0.39 is 22.6 Å². The topological polar surface area (TPSA) is 69.4 Å². The normalized spacial score (nSPS) is 11.5. The molecule has 0 atom stereocenters. The molecule has 0 aliphatic rings. The summed E-state index contributed by atoms with van der Waals surface area (Å²) in [5.41, 5.74) is -0.705. The lowest BCUT2D eigenvalue weighted by Gasteiger charge is -2.08. The van der Waals surface area contributed by atoms with Crippen LogP contribution in [0.15, 0.2) is 54.6 Å². The van der Waals surface area contributed by atoms with Gasteiger partial charge >= 0.3 is 12.1 Å². The molecule has 0 spiro atoms. The maximum atomic E-state index is 12.6. The number of ether oxygens (including phenoxy) is 1. The Balaban J connectivity index is 2.08. The number of nitrogens with zero attached hydrogens (tertiary/aromatic N) is 1. The third-order valence-electron chi connectivity index (χ3n) is 2.87. The van der Waals surface area contributed by atoms with Gasteiger partial charge in [-0.15, -0.1) is 0 Å². The Morgan fingerprint density at radius 1 is 1.12 bits per heavy atom. The van der Waals surface area contributed by atoms with Crippen molar-refractivity contribution < 1.29 is 27.6 Å². The molecule has 8 heteroatoms. The molecule has 0 N–H and O–H groups in total. The Morgan fingerprint density at radius 3 is 2.50 bits per heavy atom. The monoisotopic (exact) mass is 337 g/mol. The summed E-state index contributed by atoms with van der Waals surface area (Å²) in [6.45, 7) is 0. The first-order chi connectivity index (χ1) is 11.3. The summed E-state index contributed by atoms with van der Waals surface area (Å²) < 4.78 is 42.5. The first kappa shape index (κ1) is 17.2. The number of hydrogen-bond acceptors (Lipinski definition) is 4. The lowest BCUT2D eigenvalue weighted by Crippen LogP contribution is -2.07. The van der Waals surface area contributed by atoms with Crippen LogP contribution < -0.4 is 4.74 Å². The van der Waals surface area contributed by atoms with Crippen molar-refractivity contribution in [3.05, 3.63) is 75.8 Å². The van der Waals surface area contributed by atoms with Crippen molar-refractivity contribution in [3.63, 3.8) is 0 Å². The molecule has 0 saturated heterocycles. The molecule has 0 amide bonds. The van der Waals surface area contributed by atoms with Crippen LogP contribution >= 0.6 is 0 Å². The lowest BCUT2D eigenvalue weighted by molar-refractivity contribution is -0.384. The molecule has 0 aromatic heterocycles. The van der Waals surface area contributed by atoms with Gasteiger partial charge in [0.25, 0.3) is 5.69 Å². The number of non-ortho nitro benzene ring substituents is 1. The predicted molar refractivity (Wildman–Crippen MR) is 79.2 cm³/mol. The molecular formula is C16H10F3NO4. The number of carbonyl (C=O) groups is 1.